The molecule has 3 aliphatic rings. The minimum absolute atomic E-state index is 0.145. The van der Waals surface area contributed by atoms with Crippen molar-refractivity contribution in [1.82, 2.24) is 14.7 Å². The van der Waals surface area contributed by atoms with E-state index in [4.69, 9.17) is 0 Å². The molecule has 1 aromatic carbocycles. The molecular weight excluding hydrogens is 390 g/mol. The minimum atomic E-state index is -0.266. The van der Waals surface area contributed by atoms with E-state index in [1.54, 1.807) is 23.1 Å². The zero-order valence-electron chi connectivity index (χ0n) is 16.1. The van der Waals surface area contributed by atoms with E-state index in [1.165, 1.54) is 15.6 Å². The van der Waals surface area contributed by atoms with Crippen molar-refractivity contribution in [3.8, 4) is 0 Å². The van der Waals surface area contributed by atoms with Crippen molar-refractivity contribution in [2.24, 2.45) is 0 Å². The van der Waals surface area contributed by atoms with Crippen LogP contribution in [0.5, 0.6) is 0 Å². The lowest BCUT2D eigenvalue weighted by Gasteiger charge is -2.38. The number of carbonyl (C=O) groups is 2. The molecule has 0 aliphatic carbocycles. The first-order valence-electron chi connectivity index (χ1n) is 9.97. The van der Waals surface area contributed by atoms with Crippen molar-refractivity contribution in [2.45, 2.75) is 37.2 Å². The van der Waals surface area contributed by atoms with Gasteiger partial charge in [0, 0.05) is 49.6 Å². The van der Waals surface area contributed by atoms with Crippen LogP contribution in [0, 0.1) is 0 Å². The normalized spacial score (nSPS) is 28.3. The lowest BCUT2D eigenvalue weighted by atomic mass is 10.1. The number of piperazine rings is 1. The molecule has 0 N–H and O–H groups in total. The molecule has 2 aromatic rings. The Morgan fingerprint density at radius 3 is 2.82 bits per heavy atom. The number of benzene rings is 1. The number of hydrogen-bond donors (Lipinski definition) is 0. The SMILES string of the molecule is C[C@@]12CCC(=O)N1[C@@H](C(=O)N1CCN(Cc3csc4ccccc34)CC1)CS2. The average Bonchev–Trinajstić information content (AvgIpc) is 3.36. The number of rotatable bonds is 3. The van der Waals surface area contributed by atoms with Gasteiger partial charge in [-0.2, -0.15) is 0 Å². The fourth-order valence-electron chi connectivity index (χ4n) is 4.74. The largest absolute Gasteiger partial charge is 0.338 e. The monoisotopic (exact) mass is 415 g/mol. The fraction of sp³-hybridized carbons (Fsp3) is 0.524. The maximum Gasteiger partial charge on any atom is 0.246 e. The Labute approximate surface area is 173 Å². The van der Waals surface area contributed by atoms with Crippen LogP contribution in [0.1, 0.15) is 25.3 Å². The first-order chi connectivity index (χ1) is 13.5. The van der Waals surface area contributed by atoms with Gasteiger partial charge in [-0.05, 0) is 35.7 Å². The van der Waals surface area contributed by atoms with E-state index in [2.05, 4.69) is 41.5 Å². The minimum Gasteiger partial charge on any atom is -0.338 e. The lowest BCUT2D eigenvalue weighted by molar-refractivity contribution is -0.144. The predicted molar refractivity (Wildman–Crippen MR) is 114 cm³/mol. The van der Waals surface area contributed by atoms with E-state index in [9.17, 15) is 9.59 Å². The molecule has 148 valence electrons. The molecule has 28 heavy (non-hydrogen) atoms. The molecule has 3 saturated heterocycles. The highest BCUT2D eigenvalue weighted by Crippen LogP contribution is 2.47. The smallest absolute Gasteiger partial charge is 0.246 e. The molecule has 0 radical (unpaired) electrons. The van der Waals surface area contributed by atoms with Crippen LogP contribution in [-0.2, 0) is 16.1 Å². The third kappa shape index (κ3) is 3.04. The average molecular weight is 416 g/mol. The number of nitrogens with zero attached hydrogens (tertiary/aromatic N) is 3. The summed E-state index contributed by atoms with van der Waals surface area (Å²) in [6, 6.07) is 8.29. The van der Waals surface area contributed by atoms with Crippen LogP contribution in [0.4, 0.5) is 0 Å². The van der Waals surface area contributed by atoms with E-state index < -0.39 is 0 Å². The number of amides is 2. The zero-order chi connectivity index (χ0) is 19.3. The summed E-state index contributed by atoms with van der Waals surface area (Å²) in [6.45, 7) is 6.33. The Bertz CT molecular complexity index is 921. The summed E-state index contributed by atoms with van der Waals surface area (Å²) in [6.07, 6.45) is 1.44. The van der Waals surface area contributed by atoms with Crippen LogP contribution in [-0.4, -0.2) is 69.4 Å². The topological polar surface area (TPSA) is 43.9 Å². The maximum atomic E-state index is 13.1. The zero-order valence-corrected chi connectivity index (χ0v) is 17.7. The number of thioether (sulfide) groups is 1. The summed E-state index contributed by atoms with van der Waals surface area (Å²) in [5, 5.41) is 3.61. The molecule has 0 saturated carbocycles. The summed E-state index contributed by atoms with van der Waals surface area (Å²) in [7, 11) is 0. The van der Waals surface area contributed by atoms with E-state index in [0.717, 1.165) is 44.9 Å². The van der Waals surface area contributed by atoms with Crippen molar-refractivity contribution in [3.05, 3.63) is 35.2 Å². The van der Waals surface area contributed by atoms with E-state index in [0.29, 0.717) is 6.42 Å². The second-order valence-electron chi connectivity index (χ2n) is 8.12. The maximum absolute atomic E-state index is 13.1. The molecule has 5 rings (SSSR count). The Morgan fingerprint density at radius 1 is 1.21 bits per heavy atom. The van der Waals surface area contributed by atoms with Crippen molar-refractivity contribution in [1.29, 1.82) is 0 Å². The van der Waals surface area contributed by atoms with Crippen molar-refractivity contribution in [3.63, 3.8) is 0 Å². The van der Waals surface area contributed by atoms with Crippen LogP contribution < -0.4 is 0 Å². The fourth-order valence-corrected chi connectivity index (χ4v) is 7.11. The number of thiophene rings is 1. The highest BCUT2D eigenvalue weighted by atomic mass is 32.2. The molecule has 0 unspecified atom stereocenters. The summed E-state index contributed by atoms with van der Waals surface area (Å²) >= 11 is 3.57. The van der Waals surface area contributed by atoms with Crippen molar-refractivity contribution in [2.75, 3.05) is 31.9 Å². The number of carbonyl (C=O) groups excluding carboxylic acids is 2. The number of fused-ring (bicyclic) bond motifs is 2. The van der Waals surface area contributed by atoms with Gasteiger partial charge in [0.1, 0.15) is 6.04 Å². The molecule has 3 fully saturated rings. The van der Waals surface area contributed by atoms with Gasteiger partial charge in [-0.3, -0.25) is 14.5 Å². The molecule has 4 heterocycles. The molecule has 0 spiro atoms. The number of hydrogen-bond acceptors (Lipinski definition) is 5. The van der Waals surface area contributed by atoms with Gasteiger partial charge in [-0.1, -0.05) is 18.2 Å². The summed E-state index contributed by atoms with van der Waals surface area (Å²) < 4.78 is 1.34. The molecular formula is C21H25N3O2S2. The van der Waals surface area contributed by atoms with Gasteiger partial charge in [0.05, 0.1) is 4.87 Å². The van der Waals surface area contributed by atoms with Gasteiger partial charge >= 0.3 is 0 Å². The van der Waals surface area contributed by atoms with Crippen LogP contribution >= 0.6 is 23.1 Å². The van der Waals surface area contributed by atoms with Crippen LogP contribution in [0.3, 0.4) is 0 Å². The Morgan fingerprint density at radius 2 is 2.00 bits per heavy atom. The molecule has 7 heteroatoms. The first-order valence-corrected chi connectivity index (χ1v) is 11.8. The van der Waals surface area contributed by atoms with Gasteiger partial charge < -0.3 is 9.80 Å². The van der Waals surface area contributed by atoms with Gasteiger partial charge in [0.2, 0.25) is 11.8 Å². The van der Waals surface area contributed by atoms with E-state index >= 15 is 0 Å². The van der Waals surface area contributed by atoms with Gasteiger partial charge in [-0.15, -0.1) is 23.1 Å². The van der Waals surface area contributed by atoms with Crippen LogP contribution in [0.2, 0.25) is 0 Å². The second kappa shape index (κ2) is 7.04. The van der Waals surface area contributed by atoms with Gasteiger partial charge in [-0.25, -0.2) is 0 Å². The van der Waals surface area contributed by atoms with Crippen molar-refractivity contribution >= 4 is 45.0 Å². The summed E-state index contributed by atoms with van der Waals surface area (Å²) in [5.74, 6) is 1.03. The lowest BCUT2D eigenvalue weighted by Crippen LogP contribution is -2.56. The van der Waals surface area contributed by atoms with Crippen LogP contribution in [0.25, 0.3) is 10.1 Å². The molecule has 2 amide bonds. The Balaban J connectivity index is 1.21. The van der Waals surface area contributed by atoms with Crippen molar-refractivity contribution < 1.29 is 9.59 Å². The first kappa shape index (κ1) is 18.5. The molecule has 0 bridgehead atoms. The quantitative estimate of drug-likeness (QED) is 0.773. The van der Waals surface area contributed by atoms with Crippen LogP contribution in [0.15, 0.2) is 29.6 Å². The standard InChI is InChI=1S/C21H25N3O2S2/c1-21-7-6-19(25)24(21)17(14-28-21)20(26)23-10-8-22(9-11-23)12-15-13-27-18-5-3-2-4-16(15)18/h2-5,13,17H,6-12,14H2,1H3/t17-,21-/m1/s1. The third-order valence-electron chi connectivity index (χ3n) is 6.37. The van der Waals surface area contributed by atoms with E-state index in [-0.39, 0.29) is 22.7 Å². The highest BCUT2D eigenvalue weighted by Gasteiger charge is 2.53. The van der Waals surface area contributed by atoms with E-state index in [1.807, 2.05) is 9.80 Å². The summed E-state index contributed by atoms with van der Waals surface area (Å²) in [4.78, 5) is 31.6. The van der Waals surface area contributed by atoms with Gasteiger partial charge in [0.15, 0.2) is 0 Å². The molecule has 1 aromatic heterocycles. The highest BCUT2D eigenvalue weighted by molar-refractivity contribution is 8.01. The summed E-state index contributed by atoms with van der Waals surface area (Å²) in [5.41, 5.74) is 1.38. The molecule has 3 aliphatic heterocycles. The Kier molecular flexibility index (Phi) is 4.64. The third-order valence-corrected chi connectivity index (χ3v) is 8.89. The predicted octanol–water partition coefficient (Wildman–Crippen LogP) is 3.00. The Hall–Kier alpha value is -1.57. The van der Waals surface area contributed by atoms with Gasteiger partial charge in [0.25, 0.3) is 0 Å². The second-order valence-corrected chi connectivity index (χ2v) is 10.5. The molecule has 2 atom stereocenters. The molecule has 5 nitrogen and oxygen atoms in total.